The summed E-state index contributed by atoms with van der Waals surface area (Å²) in [6, 6.07) is 7.80. The minimum atomic E-state index is 0.614. The summed E-state index contributed by atoms with van der Waals surface area (Å²) in [4.78, 5) is 0. The molecule has 0 radical (unpaired) electrons. The zero-order valence-electron chi connectivity index (χ0n) is 12.7. The van der Waals surface area contributed by atoms with Crippen LogP contribution < -0.4 is 5.32 Å². The second kappa shape index (κ2) is 6.73. The van der Waals surface area contributed by atoms with Crippen LogP contribution in [0.4, 0.5) is 0 Å². The Bertz CT molecular complexity index is 437. The van der Waals surface area contributed by atoms with Crippen molar-refractivity contribution < 1.29 is 4.74 Å². The van der Waals surface area contributed by atoms with E-state index in [2.05, 4.69) is 30.4 Å². The maximum Gasteiger partial charge on any atom is 0.0469 e. The molecule has 1 aliphatic heterocycles. The lowest BCUT2D eigenvalue weighted by molar-refractivity contribution is 0.0540. The van der Waals surface area contributed by atoms with Crippen molar-refractivity contribution in [1.82, 2.24) is 5.32 Å². The first kappa shape index (κ1) is 14.1. The Hall–Kier alpha value is -0.860. The Labute approximate surface area is 122 Å². The van der Waals surface area contributed by atoms with Crippen LogP contribution in [0.3, 0.4) is 0 Å². The second-order valence-electron chi connectivity index (χ2n) is 6.27. The van der Waals surface area contributed by atoms with Gasteiger partial charge in [-0.25, -0.2) is 0 Å². The fraction of sp³-hybridized carbons (Fsp3) is 0.667. The van der Waals surface area contributed by atoms with Crippen LogP contribution in [0.1, 0.15) is 42.9 Å². The lowest BCUT2D eigenvalue weighted by Crippen LogP contribution is -2.40. The summed E-state index contributed by atoms with van der Waals surface area (Å²) in [6.45, 7) is 5.16. The molecule has 2 nitrogen and oxygen atoms in total. The number of likely N-dealkylation sites (N-methyl/N-ethyl adjacent to an activating group) is 1. The van der Waals surface area contributed by atoms with Gasteiger partial charge in [0, 0.05) is 19.3 Å². The summed E-state index contributed by atoms with van der Waals surface area (Å²) in [7, 11) is 0. The molecule has 0 aromatic heterocycles. The Balaban J connectivity index is 1.68. The van der Waals surface area contributed by atoms with Crippen molar-refractivity contribution in [3.05, 3.63) is 34.9 Å². The van der Waals surface area contributed by atoms with E-state index in [0.29, 0.717) is 6.04 Å². The Morgan fingerprint density at radius 3 is 2.80 bits per heavy atom. The van der Waals surface area contributed by atoms with Gasteiger partial charge in [0.05, 0.1) is 0 Å². The average Bonchev–Trinajstić information content (AvgIpc) is 2.95. The number of hydrogen-bond donors (Lipinski definition) is 1. The average molecular weight is 273 g/mol. The summed E-state index contributed by atoms with van der Waals surface area (Å²) in [5, 5.41) is 3.71. The van der Waals surface area contributed by atoms with Crippen molar-refractivity contribution in [2.24, 2.45) is 5.92 Å². The van der Waals surface area contributed by atoms with Gasteiger partial charge >= 0.3 is 0 Å². The van der Waals surface area contributed by atoms with Gasteiger partial charge < -0.3 is 10.1 Å². The molecule has 3 rings (SSSR count). The third kappa shape index (κ3) is 3.24. The quantitative estimate of drug-likeness (QED) is 0.890. The Kier molecular flexibility index (Phi) is 4.74. The van der Waals surface area contributed by atoms with Crippen molar-refractivity contribution in [2.45, 2.75) is 51.5 Å². The highest BCUT2D eigenvalue weighted by Crippen LogP contribution is 2.26. The minimum Gasteiger partial charge on any atom is -0.381 e. The lowest BCUT2D eigenvalue weighted by Gasteiger charge is -2.31. The van der Waals surface area contributed by atoms with Crippen molar-refractivity contribution in [3.63, 3.8) is 0 Å². The number of nitrogens with one attached hydrogen (secondary N) is 1. The van der Waals surface area contributed by atoms with Crippen molar-refractivity contribution in [2.75, 3.05) is 19.8 Å². The van der Waals surface area contributed by atoms with Crippen molar-refractivity contribution in [1.29, 1.82) is 0 Å². The minimum absolute atomic E-state index is 0.614. The van der Waals surface area contributed by atoms with Gasteiger partial charge in [-0.3, -0.25) is 0 Å². The summed E-state index contributed by atoms with van der Waals surface area (Å²) in [5.41, 5.74) is 4.70. The predicted molar refractivity (Wildman–Crippen MR) is 83.2 cm³/mol. The van der Waals surface area contributed by atoms with Crippen LogP contribution in [0.25, 0.3) is 0 Å². The Morgan fingerprint density at radius 2 is 2.00 bits per heavy atom. The molecule has 1 saturated heterocycles. The summed E-state index contributed by atoms with van der Waals surface area (Å²) >= 11 is 0. The van der Waals surface area contributed by atoms with E-state index >= 15 is 0 Å². The molecule has 1 aromatic rings. The largest absolute Gasteiger partial charge is 0.381 e. The normalized spacial score (nSPS) is 20.9. The molecule has 0 amide bonds. The number of hydrogen-bond acceptors (Lipinski definition) is 2. The monoisotopic (exact) mass is 273 g/mol. The maximum absolute atomic E-state index is 5.51. The van der Waals surface area contributed by atoms with Gasteiger partial charge in [0.1, 0.15) is 0 Å². The SMILES string of the molecule is CCNC(Cc1ccc2c(c1)CCC2)C1CCOCC1. The van der Waals surface area contributed by atoms with Gasteiger partial charge in [-0.2, -0.15) is 0 Å². The van der Waals surface area contributed by atoms with E-state index < -0.39 is 0 Å². The van der Waals surface area contributed by atoms with Crippen LogP contribution in [0.2, 0.25) is 0 Å². The van der Waals surface area contributed by atoms with Gasteiger partial charge in [-0.1, -0.05) is 25.1 Å². The number of ether oxygens (including phenoxy) is 1. The summed E-state index contributed by atoms with van der Waals surface area (Å²) < 4.78 is 5.51. The van der Waals surface area contributed by atoms with Crippen LogP contribution >= 0.6 is 0 Å². The van der Waals surface area contributed by atoms with Crippen molar-refractivity contribution >= 4 is 0 Å². The first-order valence-electron chi connectivity index (χ1n) is 8.28. The van der Waals surface area contributed by atoms with Gasteiger partial charge in [0.2, 0.25) is 0 Å². The van der Waals surface area contributed by atoms with Crippen LogP contribution in [0.5, 0.6) is 0 Å². The van der Waals surface area contributed by atoms with E-state index in [1.165, 1.54) is 44.1 Å². The van der Waals surface area contributed by atoms with Crippen LogP contribution in [-0.4, -0.2) is 25.8 Å². The highest BCUT2D eigenvalue weighted by molar-refractivity contribution is 5.35. The molecule has 1 unspecified atom stereocenters. The fourth-order valence-corrected chi connectivity index (χ4v) is 3.79. The van der Waals surface area contributed by atoms with Crippen LogP contribution in [0, 0.1) is 5.92 Å². The molecule has 1 aliphatic carbocycles. The third-order valence-corrected chi connectivity index (χ3v) is 4.92. The molecule has 2 heteroatoms. The smallest absolute Gasteiger partial charge is 0.0469 e. The number of rotatable bonds is 5. The van der Waals surface area contributed by atoms with E-state index in [1.807, 2.05) is 0 Å². The molecule has 0 bridgehead atoms. The van der Waals surface area contributed by atoms with Gasteiger partial charge in [0.15, 0.2) is 0 Å². The highest BCUT2D eigenvalue weighted by Gasteiger charge is 2.24. The summed E-state index contributed by atoms with van der Waals surface area (Å²) in [6.07, 6.45) is 7.50. The van der Waals surface area contributed by atoms with Crippen molar-refractivity contribution in [3.8, 4) is 0 Å². The van der Waals surface area contributed by atoms with E-state index in [1.54, 1.807) is 11.1 Å². The molecule has 110 valence electrons. The summed E-state index contributed by atoms with van der Waals surface area (Å²) in [5.74, 6) is 0.775. The van der Waals surface area contributed by atoms with E-state index in [-0.39, 0.29) is 0 Å². The van der Waals surface area contributed by atoms with E-state index in [9.17, 15) is 0 Å². The lowest BCUT2D eigenvalue weighted by atomic mass is 9.87. The molecule has 0 spiro atoms. The van der Waals surface area contributed by atoms with Gasteiger partial charge in [-0.05, 0) is 67.7 Å². The molecule has 1 fully saturated rings. The molecule has 1 heterocycles. The maximum atomic E-state index is 5.51. The van der Waals surface area contributed by atoms with E-state index in [4.69, 9.17) is 4.74 Å². The topological polar surface area (TPSA) is 21.3 Å². The number of benzene rings is 1. The zero-order valence-corrected chi connectivity index (χ0v) is 12.7. The predicted octanol–water partition coefficient (Wildman–Crippen LogP) is 3.12. The molecule has 0 saturated carbocycles. The fourth-order valence-electron chi connectivity index (χ4n) is 3.79. The number of aryl methyl sites for hydroxylation is 2. The molecule has 1 aromatic carbocycles. The van der Waals surface area contributed by atoms with Gasteiger partial charge in [0.25, 0.3) is 0 Å². The highest BCUT2D eigenvalue weighted by atomic mass is 16.5. The van der Waals surface area contributed by atoms with Gasteiger partial charge in [-0.15, -0.1) is 0 Å². The zero-order chi connectivity index (χ0) is 13.8. The first-order chi connectivity index (χ1) is 9.86. The molecule has 2 aliphatic rings. The van der Waals surface area contributed by atoms with Crippen LogP contribution in [-0.2, 0) is 24.0 Å². The first-order valence-corrected chi connectivity index (χ1v) is 8.28. The third-order valence-electron chi connectivity index (χ3n) is 4.92. The second-order valence-corrected chi connectivity index (χ2v) is 6.27. The standard InChI is InChI=1S/C18H27NO/c1-2-19-18(16-8-10-20-11-9-16)13-14-6-7-15-4-3-5-17(15)12-14/h6-7,12,16,18-19H,2-5,8-11,13H2,1H3. The molecular formula is C18H27NO. The molecule has 20 heavy (non-hydrogen) atoms. The number of fused-ring (bicyclic) bond motifs is 1. The molecule has 1 N–H and O–H groups in total. The van der Waals surface area contributed by atoms with Crippen LogP contribution in [0.15, 0.2) is 18.2 Å². The van der Waals surface area contributed by atoms with E-state index in [0.717, 1.165) is 25.7 Å². The molecular weight excluding hydrogens is 246 g/mol. The molecule has 1 atom stereocenters. The Morgan fingerprint density at radius 1 is 1.20 bits per heavy atom.